The van der Waals surface area contributed by atoms with Gasteiger partial charge in [0.1, 0.15) is 6.33 Å². The van der Waals surface area contributed by atoms with E-state index in [1.807, 2.05) is 24.6 Å². The first-order valence-corrected chi connectivity index (χ1v) is 9.07. The molecule has 7 heteroatoms. The molecule has 0 spiro atoms. The van der Waals surface area contributed by atoms with Crippen molar-refractivity contribution in [3.05, 3.63) is 42.2 Å². The molecule has 1 aliphatic rings. The lowest BCUT2D eigenvalue weighted by Gasteiger charge is -2.18. The first kappa shape index (κ1) is 17.0. The highest BCUT2D eigenvalue weighted by Crippen LogP contribution is 2.21. The van der Waals surface area contributed by atoms with Gasteiger partial charge < -0.3 is 9.88 Å². The lowest BCUT2D eigenvalue weighted by molar-refractivity contribution is -0.120. The number of nitrogens with one attached hydrogen (secondary N) is 1. The van der Waals surface area contributed by atoms with E-state index in [0.717, 1.165) is 31.2 Å². The summed E-state index contributed by atoms with van der Waals surface area (Å²) in [6, 6.07) is 10.7. The molecule has 0 radical (unpaired) electrons. The van der Waals surface area contributed by atoms with Crippen molar-refractivity contribution in [3.8, 4) is 0 Å². The van der Waals surface area contributed by atoms with Crippen molar-refractivity contribution in [1.29, 1.82) is 0 Å². The predicted molar refractivity (Wildman–Crippen MR) is 94.6 cm³/mol. The summed E-state index contributed by atoms with van der Waals surface area (Å²) in [5.74, 6) is 0.0644. The number of carbonyl (C=O) groups excluding carboxylic acids is 1. The maximum atomic E-state index is 12.4. The number of benzene rings is 1. The Labute approximate surface area is 146 Å². The van der Waals surface area contributed by atoms with Crippen molar-refractivity contribution in [1.82, 2.24) is 25.0 Å². The molecule has 1 saturated heterocycles. The van der Waals surface area contributed by atoms with Gasteiger partial charge in [-0.1, -0.05) is 42.1 Å². The highest BCUT2D eigenvalue weighted by atomic mass is 32.2. The zero-order valence-electron chi connectivity index (χ0n) is 14.1. The van der Waals surface area contributed by atoms with Gasteiger partial charge >= 0.3 is 0 Å². The van der Waals surface area contributed by atoms with Crippen LogP contribution in [0.2, 0.25) is 0 Å². The van der Waals surface area contributed by atoms with Gasteiger partial charge in [-0.3, -0.25) is 9.69 Å². The van der Waals surface area contributed by atoms with Gasteiger partial charge in [0.05, 0.1) is 5.25 Å². The van der Waals surface area contributed by atoms with Crippen molar-refractivity contribution < 1.29 is 4.79 Å². The minimum Gasteiger partial charge on any atom is -0.351 e. The Kier molecular flexibility index (Phi) is 5.52. The predicted octanol–water partition coefficient (Wildman–Crippen LogP) is 1.69. The number of thioether (sulfide) groups is 1. The van der Waals surface area contributed by atoms with Crippen LogP contribution in [-0.2, 0) is 18.4 Å². The van der Waals surface area contributed by atoms with Gasteiger partial charge in [0.15, 0.2) is 5.16 Å². The topological polar surface area (TPSA) is 63.1 Å². The average Bonchev–Trinajstić information content (AvgIpc) is 3.18. The lowest BCUT2D eigenvalue weighted by Crippen LogP contribution is -2.40. The molecule has 3 rings (SSSR count). The minimum atomic E-state index is -0.184. The van der Waals surface area contributed by atoms with Crippen molar-refractivity contribution in [2.45, 2.75) is 36.3 Å². The number of likely N-dealkylation sites (tertiary alicyclic amines) is 1. The van der Waals surface area contributed by atoms with Crippen LogP contribution < -0.4 is 5.32 Å². The highest BCUT2D eigenvalue weighted by Gasteiger charge is 2.26. The Bertz CT molecular complexity index is 675. The third kappa shape index (κ3) is 4.36. The molecule has 0 bridgehead atoms. The van der Waals surface area contributed by atoms with Gasteiger partial charge in [0, 0.05) is 32.7 Å². The van der Waals surface area contributed by atoms with E-state index in [1.54, 1.807) is 6.33 Å². The van der Waals surface area contributed by atoms with E-state index >= 15 is 0 Å². The molecule has 2 heterocycles. The fraction of sp³-hybridized carbons (Fsp3) is 0.471. The monoisotopic (exact) mass is 345 g/mol. The summed E-state index contributed by atoms with van der Waals surface area (Å²) in [6.45, 7) is 4.77. The molecule has 0 saturated carbocycles. The number of carbonyl (C=O) groups is 1. The van der Waals surface area contributed by atoms with Gasteiger partial charge in [-0.25, -0.2) is 0 Å². The van der Waals surface area contributed by atoms with Crippen molar-refractivity contribution in [3.63, 3.8) is 0 Å². The second kappa shape index (κ2) is 7.81. The van der Waals surface area contributed by atoms with Crippen LogP contribution in [0.1, 0.15) is 18.9 Å². The van der Waals surface area contributed by atoms with E-state index in [4.69, 9.17) is 0 Å². The molecule has 1 aliphatic heterocycles. The molecular weight excluding hydrogens is 322 g/mol. The summed E-state index contributed by atoms with van der Waals surface area (Å²) in [6.07, 6.45) is 2.64. The van der Waals surface area contributed by atoms with Crippen LogP contribution in [0.25, 0.3) is 0 Å². The van der Waals surface area contributed by atoms with Crippen LogP contribution in [0.3, 0.4) is 0 Å². The third-order valence-electron chi connectivity index (χ3n) is 4.19. The maximum Gasteiger partial charge on any atom is 0.233 e. The molecule has 0 aliphatic carbocycles. The average molecular weight is 345 g/mol. The van der Waals surface area contributed by atoms with E-state index < -0.39 is 0 Å². The SMILES string of the molecule is CC(Sc1nncn1C)C(=O)NC1CCN(Cc2ccccc2)C1. The van der Waals surface area contributed by atoms with Crippen molar-refractivity contribution >= 4 is 17.7 Å². The number of hydrogen-bond donors (Lipinski definition) is 1. The largest absolute Gasteiger partial charge is 0.351 e. The summed E-state index contributed by atoms with van der Waals surface area (Å²) >= 11 is 1.44. The Morgan fingerprint density at radius 3 is 2.92 bits per heavy atom. The minimum absolute atomic E-state index is 0.0644. The summed E-state index contributed by atoms with van der Waals surface area (Å²) in [7, 11) is 1.88. The number of nitrogens with zero attached hydrogens (tertiary/aromatic N) is 4. The standard InChI is InChI=1S/C17H23N5OS/c1-13(24-17-20-18-12-21(17)2)16(23)19-15-8-9-22(11-15)10-14-6-4-3-5-7-14/h3-7,12-13,15H,8-11H2,1-2H3,(H,19,23). The van der Waals surface area contributed by atoms with Gasteiger partial charge in [-0.05, 0) is 18.9 Å². The Hall–Kier alpha value is -1.86. The van der Waals surface area contributed by atoms with E-state index in [9.17, 15) is 4.79 Å². The van der Waals surface area contributed by atoms with Crippen molar-refractivity contribution in [2.75, 3.05) is 13.1 Å². The highest BCUT2D eigenvalue weighted by molar-refractivity contribution is 8.00. The number of aryl methyl sites for hydroxylation is 1. The Morgan fingerprint density at radius 1 is 1.42 bits per heavy atom. The van der Waals surface area contributed by atoms with Crippen LogP contribution in [0, 0.1) is 0 Å². The van der Waals surface area contributed by atoms with Crippen molar-refractivity contribution in [2.24, 2.45) is 7.05 Å². The van der Waals surface area contributed by atoms with E-state index in [2.05, 4.69) is 44.7 Å². The van der Waals surface area contributed by atoms with E-state index in [-0.39, 0.29) is 17.2 Å². The van der Waals surface area contributed by atoms with E-state index in [0.29, 0.717) is 0 Å². The lowest BCUT2D eigenvalue weighted by atomic mass is 10.2. The number of aromatic nitrogens is 3. The summed E-state index contributed by atoms with van der Waals surface area (Å²) < 4.78 is 1.83. The van der Waals surface area contributed by atoms with Crippen LogP contribution in [-0.4, -0.2) is 50.0 Å². The van der Waals surface area contributed by atoms with Gasteiger partial charge in [0.25, 0.3) is 0 Å². The molecule has 1 aromatic carbocycles. The molecule has 128 valence electrons. The molecule has 2 atom stereocenters. The summed E-state index contributed by atoms with van der Waals surface area (Å²) in [5, 5.41) is 11.6. The van der Waals surface area contributed by atoms with Gasteiger partial charge in [0.2, 0.25) is 5.91 Å². The fourth-order valence-corrected chi connectivity index (χ4v) is 3.64. The van der Waals surface area contributed by atoms with Crippen LogP contribution in [0.5, 0.6) is 0 Å². The fourth-order valence-electron chi connectivity index (χ4n) is 2.85. The van der Waals surface area contributed by atoms with Crippen LogP contribution in [0.4, 0.5) is 0 Å². The quantitative estimate of drug-likeness (QED) is 0.807. The maximum absolute atomic E-state index is 12.4. The number of rotatable bonds is 6. The van der Waals surface area contributed by atoms with Gasteiger partial charge in [-0.2, -0.15) is 0 Å². The van der Waals surface area contributed by atoms with Gasteiger partial charge in [-0.15, -0.1) is 10.2 Å². The molecule has 2 unspecified atom stereocenters. The molecule has 1 amide bonds. The van der Waals surface area contributed by atoms with E-state index in [1.165, 1.54) is 17.3 Å². The second-order valence-corrected chi connectivity index (χ2v) is 7.51. The molecule has 1 aromatic heterocycles. The molecule has 24 heavy (non-hydrogen) atoms. The normalized spacial score (nSPS) is 19.3. The zero-order valence-corrected chi connectivity index (χ0v) is 14.9. The summed E-state index contributed by atoms with van der Waals surface area (Å²) in [4.78, 5) is 14.8. The number of hydrogen-bond acceptors (Lipinski definition) is 5. The Balaban J connectivity index is 1.46. The second-order valence-electron chi connectivity index (χ2n) is 6.20. The first-order valence-electron chi connectivity index (χ1n) is 8.19. The molecule has 6 nitrogen and oxygen atoms in total. The molecular formula is C17H23N5OS. The Morgan fingerprint density at radius 2 is 2.21 bits per heavy atom. The van der Waals surface area contributed by atoms with Crippen LogP contribution in [0.15, 0.2) is 41.8 Å². The van der Waals surface area contributed by atoms with Crippen LogP contribution >= 0.6 is 11.8 Å². The molecule has 1 fully saturated rings. The first-order chi connectivity index (χ1) is 11.6. The zero-order chi connectivity index (χ0) is 16.9. The smallest absolute Gasteiger partial charge is 0.233 e. The third-order valence-corrected chi connectivity index (χ3v) is 5.34. The molecule has 1 N–H and O–H groups in total. The summed E-state index contributed by atoms with van der Waals surface area (Å²) in [5.41, 5.74) is 1.32. The number of amides is 1. The molecule has 2 aromatic rings.